The van der Waals surface area contributed by atoms with E-state index in [2.05, 4.69) is 30.6 Å². The zero-order valence-electron chi connectivity index (χ0n) is 13.4. The van der Waals surface area contributed by atoms with Gasteiger partial charge in [0.25, 0.3) is 0 Å². The van der Waals surface area contributed by atoms with E-state index in [9.17, 15) is 0 Å². The van der Waals surface area contributed by atoms with Gasteiger partial charge in [0, 0.05) is 12.6 Å². The third-order valence-electron chi connectivity index (χ3n) is 4.70. The summed E-state index contributed by atoms with van der Waals surface area (Å²) in [6.07, 6.45) is 6.46. The van der Waals surface area contributed by atoms with Crippen LogP contribution in [0.2, 0.25) is 0 Å². The van der Waals surface area contributed by atoms with E-state index in [-0.39, 0.29) is 0 Å². The van der Waals surface area contributed by atoms with Crippen molar-refractivity contribution in [3.05, 3.63) is 0 Å². The second-order valence-electron chi connectivity index (χ2n) is 6.05. The zero-order chi connectivity index (χ0) is 14.1. The van der Waals surface area contributed by atoms with Gasteiger partial charge in [0.15, 0.2) is 0 Å². The average Bonchev–Trinajstić information content (AvgIpc) is 2.44. The van der Waals surface area contributed by atoms with Crippen LogP contribution in [0.5, 0.6) is 0 Å². The van der Waals surface area contributed by atoms with Crippen LogP contribution in [-0.2, 0) is 0 Å². The van der Waals surface area contributed by atoms with E-state index in [1.54, 1.807) is 0 Å². The van der Waals surface area contributed by atoms with Crippen molar-refractivity contribution in [2.45, 2.75) is 58.9 Å². The van der Waals surface area contributed by atoms with Crippen molar-refractivity contribution in [3.63, 3.8) is 0 Å². The molecule has 0 heterocycles. The fraction of sp³-hybridized carbons (Fsp3) is 1.00. The zero-order valence-corrected chi connectivity index (χ0v) is 13.4. The van der Waals surface area contributed by atoms with Gasteiger partial charge in [-0.05, 0) is 70.7 Å². The standard InChI is InChI=1S/C16H35N3/c1-4-18(5-2)12-7-13-19(6-3)14-15-8-10-16(17)11-9-15/h15-16H,4-14,17H2,1-3H3. The molecule has 0 bridgehead atoms. The molecule has 0 saturated heterocycles. The minimum Gasteiger partial charge on any atom is -0.328 e. The van der Waals surface area contributed by atoms with E-state index in [1.165, 1.54) is 71.4 Å². The van der Waals surface area contributed by atoms with Crippen LogP contribution in [0.4, 0.5) is 0 Å². The molecule has 3 heteroatoms. The van der Waals surface area contributed by atoms with Crippen LogP contribution in [-0.4, -0.2) is 55.1 Å². The maximum absolute atomic E-state index is 5.99. The van der Waals surface area contributed by atoms with Gasteiger partial charge >= 0.3 is 0 Å². The van der Waals surface area contributed by atoms with Crippen molar-refractivity contribution >= 4 is 0 Å². The Morgan fingerprint density at radius 1 is 0.842 bits per heavy atom. The van der Waals surface area contributed by atoms with Gasteiger partial charge in [-0.3, -0.25) is 0 Å². The molecule has 1 fully saturated rings. The van der Waals surface area contributed by atoms with Crippen LogP contribution in [0.3, 0.4) is 0 Å². The summed E-state index contributed by atoms with van der Waals surface area (Å²) < 4.78 is 0. The summed E-state index contributed by atoms with van der Waals surface area (Å²) in [5, 5.41) is 0. The molecule has 0 aromatic carbocycles. The SMILES string of the molecule is CCN(CC)CCCN(CC)CC1CCC(N)CC1. The molecule has 114 valence electrons. The van der Waals surface area contributed by atoms with Crippen molar-refractivity contribution in [1.82, 2.24) is 9.80 Å². The number of hydrogen-bond acceptors (Lipinski definition) is 3. The third kappa shape index (κ3) is 6.73. The third-order valence-corrected chi connectivity index (χ3v) is 4.70. The van der Waals surface area contributed by atoms with Gasteiger partial charge in [-0.15, -0.1) is 0 Å². The maximum atomic E-state index is 5.99. The molecule has 0 unspecified atom stereocenters. The highest BCUT2D eigenvalue weighted by molar-refractivity contribution is 4.76. The molecule has 1 aliphatic rings. The van der Waals surface area contributed by atoms with Crippen LogP contribution in [0.1, 0.15) is 52.9 Å². The fourth-order valence-corrected chi connectivity index (χ4v) is 3.17. The highest BCUT2D eigenvalue weighted by Crippen LogP contribution is 2.23. The molecule has 1 aliphatic carbocycles. The van der Waals surface area contributed by atoms with Crippen molar-refractivity contribution in [2.24, 2.45) is 11.7 Å². The highest BCUT2D eigenvalue weighted by atomic mass is 15.1. The molecule has 0 aromatic rings. The summed E-state index contributed by atoms with van der Waals surface area (Å²) in [5.74, 6) is 0.896. The summed E-state index contributed by atoms with van der Waals surface area (Å²) in [6, 6.07) is 0.481. The van der Waals surface area contributed by atoms with Crippen molar-refractivity contribution in [1.29, 1.82) is 0 Å². The Bertz CT molecular complexity index is 208. The van der Waals surface area contributed by atoms with Gasteiger partial charge in [-0.25, -0.2) is 0 Å². The average molecular weight is 269 g/mol. The second kappa shape index (κ2) is 9.73. The molecule has 3 nitrogen and oxygen atoms in total. The summed E-state index contributed by atoms with van der Waals surface area (Å²) in [7, 11) is 0. The molecule has 0 spiro atoms. The Morgan fingerprint density at radius 2 is 1.37 bits per heavy atom. The molecule has 2 N–H and O–H groups in total. The van der Waals surface area contributed by atoms with Gasteiger partial charge < -0.3 is 15.5 Å². The van der Waals surface area contributed by atoms with Gasteiger partial charge in [0.05, 0.1) is 0 Å². The van der Waals surface area contributed by atoms with E-state index >= 15 is 0 Å². The molecule has 0 atom stereocenters. The summed E-state index contributed by atoms with van der Waals surface area (Å²) in [4.78, 5) is 5.17. The minimum atomic E-state index is 0.481. The highest BCUT2D eigenvalue weighted by Gasteiger charge is 2.20. The number of nitrogens with zero attached hydrogens (tertiary/aromatic N) is 2. The minimum absolute atomic E-state index is 0.481. The Balaban J connectivity index is 2.18. The normalized spacial score (nSPS) is 24.3. The number of nitrogens with two attached hydrogens (primary N) is 1. The van der Waals surface area contributed by atoms with Crippen molar-refractivity contribution in [2.75, 3.05) is 39.3 Å². The molecule has 0 aromatic heterocycles. The largest absolute Gasteiger partial charge is 0.328 e. The van der Waals surface area contributed by atoms with Gasteiger partial charge in [-0.2, -0.15) is 0 Å². The first-order chi connectivity index (χ1) is 9.19. The van der Waals surface area contributed by atoms with Crippen molar-refractivity contribution in [3.8, 4) is 0 Å². The van der Waals surface area contributed by atoms with Crippen LogP contribution in [0.15, 0.2) is 0 Å². The lowest BCUT2D eigenvalue weighted by atomic mass is 9.86. The molecule has 1 saturated carbocycles. The van der Waals surface area contributed by atoms with E-state index in [4.69, 9.17) is 5.73 Å². The smallest absolute Gasteiger partial charge is 0.00390 e. The summed E-state index contributed by atoms with van der Waals surface area (Å²) in [6.45, 7) is 14.2. The van der Waals surface area contributed by atoms with E-state index in [0.29, 0.717) is 6.04 Å². The predicted molar refractivity (Wildman–Crippen MR) is 84.5 cm³/mol. The maximum Gasteiger partial charge on any atom is 0.00390 e. The molecule has 0 amide bonds. The molecular formula is C16H35N3. The van der Waals surface area contributed by atoms with Crippen molar-refractivity contribution < 1.29 is 0 Å². The van der Waals surface area contributed by atoms with Crippen LogP contribution in [0.25, 0.3) is 0 Å². The van der Waals surface area contributed by atoms with E-state index in [0.717, 1.165) is 5.92 Å². The predicted octanol–water partition coefficient (Wildman–Crippen LogP) is 2.56. The Morgan fingerprint density at radius 3 is 1.89 bits per heavy atom. The Kier molecular flexibility index (Phi) is 8.67. The van der Waals surface area contributed by atoms with Crippen LogP contribution >= 0.6 is 0 Å². The molecule has 0 radical (unpaired) electrons. The fourth-order valence-electron chi connectivity index (χ4n) is 3.17. The first kappa shape index (κ1) is 16.9. The number of rotatable bonds is 9. The van der Waals surface area contributed by atoms with Gasteiger partial charge in [0.2, 0.25) is 0 Å². The molecule has 0 aliphatic heterocycles. The monoisotopic (exact) mass is 269 g/mol. The van der Waals surface area contributed by atoms with Gasteiger partial charge in [0.1, 0.15) is 0 Å². The summed E-state index contributed by atoms with van der Waals surface area (Å²) in [5.41, 5.74) is 5.99. The Labute approximate surface area is 120 Å². The first-order valence-electron chi connectivity index (χ1n) is 8.39. The number of hydrogen-bond donors (Lipinski definition) is 1. The quantitative estimate of drug-likeness (QED) is 0.698. The van der Waals surface area contributed by atoms with E-state index in [1.807, 2.05) is 0 Å². The Hall–Kier alpha value is -0.120. The topological polar surface area (TPSA) is 32.5 Å². The van der Waals surface area contributed by atoms with Crippen LogP contribution in [0, 0.1) is 5.92 Å². The molecule has 19 heavy (non-hydrogen) atoms. The second-order valence-corrected chi connectivity index (χ2v) is 6.05. The lowest BCUT2D eigenvalue weighted by Gasteiger charge is -2.31. The van der Waals surface area contributed by atoms with Gasteiger partial charge in [-0.1, -0.05) is 20.8 Å². The van der Waals surface area contributed by atoms with E-state index < -0.39 is 0 Å². The molecular weight excluding hydrogens is 234 g/mol. The lowest BCUT2D eigenvalue weighted by molar-refractivity contribution is 0.189. The lowest BCUT2D eigenvalue weighted by Crippen LogP contribution is -2.36. The molecule has 1 rings (SSSR count). The van der Waals surface area contributed by atoms with Crippen LogP contribution < -0.4 is 5.73 Å². The summed E-state index contributed by atoms with van der Waals surface area (Å²) >= 11 is 0. The first-order valence-corrected chi connectivity index (χ1v) is 8.39.